The Hall–Kier alpha value is -1.47. The summed E-state index contributed by atoms with van der Waals surface area (Å²) >= 11 is 0. The highest BCUT2D eigenvalue weighted by molar-refractivity contribution is 5.29. The highest BCUT2D eigenvalue weighted by Crippen LogP contribution is 2.60. The van der Waals surface area contributed by atoms with Gasteiger partial charge in [0.15, 0.2) is 0 Å². The van der Waals surface area contributed by atoms with Crippen molar-refractivity contribution in [1.82, 2.24) is 0 Å². The Morgan fingerprint density at radius 3 is 2.47 bits per heavy atom. The smallest absolute Gasteiger partial charge is 0.132 e. The Morgan fingerprint density at radius 1 is 1.32 bits per heavy atom. The average Bonchev–Trinajstić information content (AvgIpc) is 2.99. The highest BCUT2D eigenvalue weighted by Gasteiger charge is 2.56. The molecule has 3 rings (SSSR count). The van der Waals surface area contributed by atoms with Crippen molar-refractivity contribution >= 4 is 0 Å². The van der Waals surface area contributed by atoms with Crippen molar-refractivity contribution in [1.29, 1.82) is 5.26 Å². The van der Waals surface area contributed by atoms with Crippen LogP contribution < -0.4 is 0 Å². The van der Waals surface area contributed by atoms with E-state index in [0.717, 1.165) is 31.4 Å². The molecule has 4 unspecified atom stereocenters. The largest absolute Gasteiger partial charge is 0.387 e. The molecule has 100 valence electrons. The summed E-state index contributed by atoms with van der Waals surface area (Å²) in [5, 5.41) is 19.9. The predicted molar refractivity (Wildman–Crippen MR) is 64.8 cm³/mol. The molecule has 4 atom stereocenters. The zero-order valence-electron chi connectivity index (χ0n) is 10.4. The van der Waals surface area contributed by atoms with E-state index >= 15 is 0 Å². The van der Waals surface area contributed by atoms with Crippen molar-refractivity contribution in [3.63, 3.8) is 0 Å². The van der Waals surface area contributed by atoms with E-state index in [9.17, 15) is 19.1 Å². The number of rotatable bonds is 2. The van der Waals surface area contributed by atoms with Crippen LogP contribution in [0.4, 0.5) is 8.78 Å². The molecule has 2 aliphatic carbocycles. The van der Waals surface area contributed by atoms with E-state index in [1.807, 2.05) is 0 Å². The Labute approximate surface area is 110 Å². The third-order valence-electron chi connectivity index (χ3n) is 4.87. The third kappa shape index (κ3) is 1.68. The van der Waals surface area contributed by atoms with Gasteiger partial charge in [-0.1, -0.05) is 12.5 Å². The van der Waals surface area contributed by atoms with Gasteiger partial charge in [0.2, 0.25) is 0 Å². The Balaban J connectivity index is 2.04. The molecule has 0 amide bonds. The molecular weight excluding hydrogens is 248 g/mol. The summed E-state index contributed by atoms with van der Waals surface area (Å²) in [6.07, 6.45) is 1.98. The van der Waals surface area contributed by atoms with E-state index in [4.69, 9.17) is 0 Å². The fraction of sp³-hybridized carbons (Fsp3) is 0.533. The lowest BCUT2D eigenvalue weighted by Crippen LogP contribution is -2.34. The minimum Gasteiger partial charge on any atom is -0.387 e. The van der Waals surface area contributed by atoms with Crippen LogP contribution in [0.2, 0.25) is 0 Å². The highest BCUT2D eigenvalue weighted by atomic mass is 19.1. The maximum Gasteiger partial charge on any atom is 0.132 e. The Morgan fingerprint density at radius 2 is 2.00 bits per heavy atom. The molecular formula is C15H15F2NO. The van der Waals surface area contributed by atoms with Gasteiger partial charge in [-0.25, -0.2) is 8.78 Å². The van der Waals surface area contributed by atoms with Crippen molar-refractivity contribution in [2.24, 2.45) is 17.3 Å². The standard InChI is InChI=1S/C15H15F2NO/c16-11-2-1-3-12(17)13(11)14(19)15(8-18)7-9-4-5-10(15)6-9/h1-3,9-10,14,19H,4-7H2. The molecule has 0 saturated heterocycles. The van der Waals surface area contributed by atoms with Crippen molar-refractivity contribution in [3.05, 3.63) is 35.4 Å². The molecule has 0 aliphatic heterocycles. The van der Waals surface area contributed by atoms with E-state index in [1.165, 1.54) is 6.07 Å². The van der Waals surface area contributed by atoms with Gasteiger partial charge in [-0.3, -0.25) is 0 Å². The zero-order chi connectivity index (χ0) is 13.6. The maximum absolute atomic E-state index is 13.8. The summed E-state index contributed by atoms with van der Waals surface area (Å²) in [5.41, 5.74) is -1.37. The lowest BCUT2D eigenvalue weighted by atomic mass is 9.68. The number of fused-ring (bicyclic) bond motifs is 2. The number of nitriles is 1. The zero-order valence-corrected chi connectivity index (χ0v) is 10.4. The van der Waals surface area contributed by atoms with Gasteiger partial charge in [-0.05, 0) is 43.2 Å². The lowest BCUT2D eigenvalue weighted by molar-refractivity contribution is 0.0182. The number of hydrogen-bond acceptors (Lipinski definition) is 2. The van der Waals surface area contributed by atoms with Crippen LogP contribution in [-0.4, -0.2) is 5.11 Å². The molecule has 19 heavy (non-hydrogen) atoms. The quantitative estimate of drug-likeness (QED) is 0.889. The summed E-state index contributed by atoms with van der Waals surface area (Å²) in [6.45, 7) is 0. The fourth-order valence-corrected chi connectivity index (χ4v) is 3.94. The van der Waals surface area contributed by atoms with Crippen molar-refractivity contribution in [2.45, 2.75) is 31.8 Å². The van der Waals surface area contributed by atoms with E-state index in [-0.39, 0.29) is 11.5 Å². The predicted octanol–water partition coefficient (Wildman–Crippen LogP) is 3.33. The van der Waals surface area contributed by atoms with Crippen LogP contribution in [0.1, 0.15) is 37.4 Å². The molecule has 2 saturated carbocycles. The van der Waals surface area contributed by atoms with Gasteiger partial charge in [-0.2, -0.15) is 5.26 Å². The van der Waals surface area contributed by atoms with Gasteiger partial charge in [0.25, 0.3) is 0 Å². The number of hydrogen-bond donors (Lipinski definition) is 1. The molecule has 1 aromatic rings. The van der Waals surface area contributed by atoms with Gasteiger partial charge in [0.1, 0.15) is 17.7 Å². The topological polar surface area (TPSA) is 44.0 Å². The van der Waals surface area contributed by atoms with E-state index < -0.39 is 23.2 Å². The van der Waals surface area contributed by atoms with E-state index in [2.05, 4.69) is 6.07 Å². The monoisotopic (exact) mass is 263 g/mol. The van der Waals surface area contributed by atoms with Crippen LogP contribution in [0.15, 0.2) is 18.2 Å². The van der Waals surface area contributed by atoms with Crippen LogP contribution in [0.5, 0.6) is 0 Å². The molecule has 2 bridgehead atoms. The van der Waals surface area contributed by atoms with Gasteiger partial charge in [-0.15, -0.1) is 0 Å². The second-order valence-corrected chi connectivity index (χ2v) is 5.77. The van der Waals surface area contributed by atoms with Crippen LogP contribution in [-0.2, 0) is 0 Å². The number of aliphatic hydroxyl groups is 1. The lowest BCUT2D eigenvalue weighted by Gasteiger charge is -2.35. The fourth-order valence-electron chi connectivity index (χ4n) is 3.94. The second-order valence-electron chi connectivity index (χ2n) is 5.77. The summed E-state index contributed by atoms with van der Waals surface area (Å²) in [7, 11) is 0. The number of halogens is 2. The molecule has 0 radical (unpaired) electrons. The number of benzene rings is 1. The summed E-state index contributed by atoms with van der Waals surface area (Å²) < 4.78 is 27.6. The minimum absolute atomic E-state index is 0.0523. The molecule has 0 heterocycles. The Bertz CT molecular complexity index is 533. The Kier molecular flexibility index (Phi) is 2.83. The summed E-state index contributed by atoms with van der Waals surface area (Å²) in [5.74, 6) is -1.08. The summed E-state index contributed by atoms with van der Waals surface area (Å²) in [6, 6.07) is 5.69. The van der Waals surface area contributed by atoms with Gasteiger partial charge >= 0.3 is 0 Å². The van der Waals surface area contributed by atoms with Crippen molar-refractivity contribution in [3.8, 4) is 6.07 Å². The average molecular weight is 263 g/mol. The number of aliphatic hydroxyl groups excluding tert-OH is 1. The maximum atomic E-state index is 13.8. The number of nitrogens with zero attached hydrogens (tertiary/aromatic N) is 1. The van der Waals surface area contributed by atoms with Crippen molar-refractivity contribution in [2.75, 3.05) is 0 Å². The molecule has 2 nitrogen and oxygen atoms in total. The molecule has 2 aliphatic rings. The molecule has 2 fully saturated rings. The normalized spacial score (nSPS) is 34.2. The minimum atomic E-state index is -1.38. The first-order valence-electron chi connectivity index (χ1n) is 6.61. The first-order chi connectivity index (χ1) is 9.08. The van der Waals surface area contributed by atoms with E-state index in [0.29, 0.717) is 12.3 Å². The molecule has 0 aromatic heterocycles. The SMILES string of the molecule is N#CC1(C(O)c2c(F)cccc2F)CC2CCC1C2. The van der Waals surface area contributed by atoms with Crippen LogP contribution in [0.3, 0.4) is 0 Å². The summed E-state index contributed by atoms with van der Waals surface area (Å²) in [4.78, 5) is 0. The molecule has 0 spiro atoms. The van der Waals surface area contributed by atoms with Crippen LogP contribution in [0.25, 0.3) is 0 Å². The molecule has 1 aromatic carbocycles. The third-order valence-corrected chi connectivity index (χ3v) is 4.87. The molecule has 4 heteroatoms. The van der Waals surface area contributed by atoms with Gasteiger partial charge < -0.3 is 5.11 Å². The van der Waals surface area contributed by atoms with Gasteiger partial charge in [0, 0.05) is 0 Å². The van der Waals surface area contributed by atoms with E-state index in [1.54, 1.807) is 0 Å². The molecule has 1 N–H and O–H groups in total. The first kappa shape index (κ1) is 12.6. The van der Waals surface area contributed by atoms with Crippen molar-refractivity contribution < 1.29 is 13.9 Å². The second kappa shape index (κ2) is 4.28. The van der Waals surface area contributed by atoms with Gasteiger partial charge in [0.05, 0.1) is 17.0 Å². The van der Waals surface area contributed by atoms with Crippen LogP contribution in [0, 0.1) is 40.2 Å². The first-order valence-corrected chi connectivity index (χ1v) is 6.61. The van der Waals surface area contributed by atoms with Crippen LogP contribution >= 0.6 is 0 Å².